The third-order valence-corrected chi connectivity index (χ3v) is 4.42. The summed E-state index contributed by atoms with van der Waals surface area (Å²) in [4.78, 5) is 7.22. The average molecular weight is 259 g/mol. The van der Waals surface area contributed by atoms with Crippen molar-refractivity contribution < 1.29 is 0 Å². The van der Waals surface area contributed by atoms with E-state index in [1.54, 1.807) is 0 Å². The van der Waals surface area contributed by atoms with Crippen molar-refractivity contribution in [1.82, 2.24) is 10.3 Å². The fraction of sp³-hybridized carbons (Fsp3) is 0.688. The van der Waals surface area contributed by atoms with Gasteiger partial charge in [0, 0.05) is 30.9 Å². The number of hydrogen-bond acceptors (Lipinski definition) is 3. The first kappa shape index (κ1) is 12.9. The first-order chi connectivity index (χ1) is 9.24. The molecule has 2 aliphatic rings. The maximum atomic E-state index is 4.66. The SMILES string of the molecule is CC(C)CNCc1cccnc1N1CC2CCC1C2. The molecule has 2 bridgehead atoms. The molecule has 2 unspecified atom stereocenters. The van der Waals surface area contributed by atoms with Gasteiger partial charge in [0.25, 0.3) is 0 Å². The van der Waals surface area contributed by atoms with Gasteiger partial charge in [-0.2, -0.15) is 0 Å². The molecule has 1 aliphatic heterocycles. The van der Waals surface area contributed by atoms with E-state index in [0.717, 1.165) is 25.0 Å². The molecule has 1 N–H and O–H groups in total. The molecule has 0 amide bonds. The molecule has 1 aromatic rings. The molecule has 0 spiro atoms. The van der Waals surface area contributed by atoms with Crippen LogP contribution in [0.25, 0.3) is 0 Å². The zero-order valence-electron chi connectivity index (χ0n) is 12.1. The van der Waals surface area contributed by atoms with Crippen LogP contribution in [-0.4, -0.2) is 24.1 Å². The third-order valence-electron chi connectivity index (χ3n) is 4.42. The van der Waals surface area contributed by atoms with Crippen LogP contribution in [0.2, 0.25) is 0 Å². The fourth-order valence-electron chi connectivity index (χ4n) is 3.51. The zero-order valence-corrected chi connectivity index (χ0v) is 12.1. The van der Waals surface area contributed by atoms with Gasteiger partial charge in [-0.05, 0) is 43.7 Å². The van der Waals surface area contributed by atoms with Crippen LogP contribution in [0.5, 0.6) is 0 Å². The number of nitrogens with zero attached hydrogens (tertiary/aromatic N) is 2. The molecule has 3 heteroatoms. The van der Waals surface area contributed by atoms with Gasteiger partial charge in [-0.3, -0.25) is 0 Å². The van der Waals surface area contributed by atoms with Crippen LogP contribution >= 0.6 is 0 Å². The summed E-state index contributed by atoms with van der Waals surface area (Å²) in [6.45, 7) is 7.72. The maximum absolute atomic E-state index is 4.66. The number of piperidine rings is 1. The molecule has 2 atom stereocenters. The minimum Gasteiger partial charge on any atom is -0.353 e. The van der Waals surface area contributed by atoms with Crippen LogP contribution in [0, 0.1) is 11.8 Å². The summed E-state index contributed by atoms with van der Waals surface area (Å²) in [5.41, 5.74) is 1.36. The van der Waals surface area contributed by atoms with Crippen LogP contribution in [0.15, 0.2) is 18.3 Å². The lowest BCUT2D eigenvalue weighted by Gasteiger charge is -2.29. The van der Waals surface area contributed by atoms with E-state index in [2.05, 4.69) is 41.2 Å². The van der Waals surface area contributed by atoms with Gasteiger partial charge in [-0.25, -0.2) is 4.98 Å². The Hall–Kier alpha value is -1.09. The van der Waals surface area contributed by atoms with Crippen molar-refractivity contribution in [2.75, 3.05) is 18.0 Å². The summed E-state index contributed by atoms with van der Waals surface area (Å²) in [6, 6.07) is 5.04. The molecule has 104 valence electrons. The molecular weight excluding hydrogens is 234 g/mol. The highest BCUT2D eigenvalue weighted by molar-refractivity contribution is 5.49. The summed E-state index contributed by atoms with van der Waals surface area (Å²) >= 11 is 0. The Morgan fingerprint density at radius 1 is 1.42 bits per heavy atom. The fourth-order valence-corrected chi connectivity index (χ4v) is 3.51. The van der Waals surface area contributed by atoms with Crippen molar-refractivity contribution in [3.8, 4) is 0 Å². The van der Waals surface area contributed by atoms with E-state index in [1.165, 1.54) is 37.2 Å². The average Bonchev–Trinajstić information content (AvgIpc) is 3.01. The van der Waals surface area contributed by atoms with Crippen molar-refractivity contribution in [2.45, 2.75) is 45.7 Å². The minimum atomic E-state index is 0.697. The minimum absolute atomic E-state index is 0.697. The first-order valence-corrected chi connectivity index (χ1v) is 7.65. The van der Waals surface area contributed by atoms with Crippen LogP contribution in [0.1, 0.15) is 38.7 Å². The monoisotopic (exact) mass is 259 g/mol. The third kappa shape index (κ3) is 2.76. The molecule has 2 fully saturated rings. The lowest BCUT2D eigenvalue weighted by molar-refractivity contribution is 0.539. The van der Waals surface area contributed by atoms with E-state index in [0.29, 0.717) is 5.92 Å². The lowest BCUT2D eigenvalue weighted by Crippen LogP contribution is -2.34. The van der Waals surface area contributed by atoms with Gasteiger partial charge in [-0.1, -0.05) is 19.9 Å². The Balaban J connectivity index is 1.70. The molecule has 3 rings (SSSR count). The summed E-state index contributed by atoms with van der Waals surface area (Å²) < 4.78 is 0. The van der Waals surface area contributed by atoms with Gasteiger partial charge in [0.05, 0.1) is 0 Å². The standard InChI is InChI=1S/C16H25N3/c1-12(2)9-17-10-14-4-3-7-18-16(14)19-11-13-5-6-15(19)8-13/h3-4,7,12-13,15,17H,5-6,8-11H2,1-2H3. The molecule has 0 aromatic carbocycles. The summed E-state index contributed by atoms with van der Waals surface area (Å²) in [5.74, 6) is 2.84. The molecule has 3 nitrogen and oxygen atoms in total. The van der Waals surface area contributed by atoms with Crippen molar-refractivity contribution >= 4 is 5.82 Å². The highest BCUT2D eigenvalue weighted by Crippen LogP contribution is 2.40. The van der Waals surface area contributed by atoms with E-state index in [1.807, 2.05) is 6.20 Å². The number of rotatable bonds is 5. The molecule has 1 saturated heterocycles. The second-order valence-corrected chi connectivity index (χ2v) is 6.50. The molecule has 0 radical (unpaired) electrons. The number of anilines is 1. The highest BCUT2D eigenvalue weighted by Gasteiger charge is 2.38. The van der Waals surface area contributed by atoms with Crippen LogP contribution in [0.3, 0.4) is 0 Å². The van der Waals surface area contributed by atoms with Crippen molar-refractivity contribution in [1.29, 1.82) is 0 Å². The van der Waals surface area contributed by atoms with Crippen LogP contribution in [-0.2, 0) is 6.54 Å². The van der Waals surface area contributed by atoms with Gasteiger partial charge in [0.15, 0.2) is 0 Å². The summed E-state index contributed by atoms with van der Waals surface area (Å²) in [5, 5.41) is 3.54. The smallest absolute Gasteiger partial charge is 0.133 e. The van der Waals surface area contributed by atoms with Crippen molar-refractivity contribution in [3.05, 3.63) is 23.9 Å². The van der Waals surface area contributed by atoms with E-state index < -0.39 is 0 Å². The summed E-state index contributed by atoms with van der Waals surface area (Å²) in [7, 11) is 0. The topological polar surface area (TPSA) is 28.2 Å². The van der Waals surface area contributed by atoms with Gasteiger partial charge in [0.1, 0.15) is 5.82 Å². The van der Waals surface area contributed by atoms with Crippen LogP contribution < -0.4 is 10.2 Å². The van der Waals surface area contributed by atoms with Gasteiger partial charge < -0.3 is 10.2 Å². The lowest BCUT2D eigenvalue weighted by atomic mass is 10.1. The Morgan fingerprint density at radius 2 is 2.32 bits per heavy atom. The predicted molar refractivity (Wildman–Crippen MR) is 79.3 cm³/mol. The van der Waals surface area contributed by atoms with Crippen LogP contribution in [0.4, 0.5) is 5.82 Å². The van der Waals surface area contributed by atoms with Gasteiger partial charge in [0.2, 0.25) is 0 Å². The normalized spacial score (nSPS) is 25.5. The molecule has 2 heterocycles. The Morgan fingerprint density at radius 3 is 3.00 bits per heavy atom. The number of fused-ring (bicyclic) bond motifs is 2. The van der Waals surface area contributed by atoms with Gasteiger partial charge in [-0.15, -0.1) is 0 Å². The maximum Gasteiger partial charge on any atom is 0.133 e. The molecule has 19 heavy (non-hydrogen) atoms. The largest absolute Gasteiger partial charge is 0.353 e. The van der Waals surface area contributed by atoms with E-state index in [-0.39, 0.29) is 0 Å². The number of nitrogens with one attached hydrogen (secondary N) is 1. The Bertz CT molecular complexity index is 430. The molecule has 1 aliphatic carbocycles. The van der Waals surface area contributed by atoms with Gasteiger partial charge >= 0.3 is 0 Å². The molecule has 1 aromatic heterocycles. The Kier molecular flexibility index (Phi) is 3.74. The zero-order chi connectivity index (χ0) is 13.2. The highest BCUT2D eigenvalue weighted by atomic mass is 15.2. The quantitative estimate of drug-likeness (QED) is 0.881. The predicted octanol–water partition coefficient (Wildman–Crippen LogP) is 2.82. The van der Waals surface area contributed by atoms with E-state index in [4.69, 9.17) is 0 Å². The molecular formula is C16H25N3. The molecule has 1 saturated carbocycles. The number of aromatic nitrogens is 1. The van der Waals surface area contributed by atoms with E-state index >= 15 is 0 Å². The summed E-state index contributed by atoms with van der Waals surface area (Å²) in [6.07, 6.45) is 6.11. The first-order valence-electron chi connectivity index (χ1n) is 7.65. The number of hydrogen-bond donors (Lipinski definition) is 1. The second-order valence-electron chi connectivity index (χ2n) is 6.50. The van der Waals surface area contributed by atoms with Crippen molar-refractivity contribution in [3.63, 3.8) is 0 Å². The second kappa shape index (κ2) is 5.49. The Labute approximate surface area is 116 Å². The number of pyridine rings is 1. The van der Waals surface area contributed by atoms with Crippen molar-refractivity contribution in [2.24, 2.45) is 11.8 Å². The van der Waals surface area contributed by atoms with E-state index in [9.17, 15) is 0 Å².